The van der Waals surface area contributed by atoms with Gasteiger partial charge < -0.3 is 5.32 Å². The molecule has 7 heteroatoms. The number of amides is 1. The number of aryl methyl sites for hydroxylation is 2. The van der Waals surface area contributed by atoms with Crippen LogP contribution in [0.15, 0.2) is 47.9 Å². The topological polar surface area (TPSA) is 72.7 Å². The number of aromatic nitrogens is 4. The molecule has 28 heavy (non-hydrogen) atoms. The summed E-state index contributed by atoms with van der Waals surface area (Å²) in [5.41, 5.74) is 5.22. The minimum Gasteiger partial charge on any atom is -0.352 e. The molecule has 2 heterocycles. The van der Waals surface area contributed by atoms with Crippen molar-refractivity contribution in [1.82, 2.24) is 25.1 Å². The third-order valence-electron chi connectivity index (χ3n) is 4.67. The SMILES string of the molecule is CSc1nc(C)c(CCC(=O)NCc2ccccc2Cn2cccn2)c(C)n1. The highest BCUT2D eigenvalue weighted by Crippen LogP contribution is 2.17. The molecular weight excluding hydrogens is 370 g/mol. The number of hydrogen-bond donors (Lipinski definition) is 1. The second-order valence-electron chi connectivity index (χ2n) is 6.61. The first kappa shape index (κ1) is 20.1. The fourth-order valence-electron chi connectivity index (χ4n) is 3.14. The van der Waals surface area contributed by atoms with Crippen LogP contribution in [0.5, 0.6) is 0 Å². The van der Waals surface area contributed by atoms with Gasteiger partial charge in [-0.25, -0.2) is 9.97 Å². The van der Waals surface area contributed by atoms with Gasteiger partial charge in [0.15, 0.2) is 5.16 Å². The monoisotopic (exact) mass is 395 g/mol. The molecule has 0 saturated heterocycles. The largest absolute Gasteiger partial charge is 0.352 e. The first-order valence-electron chi connectivity index (χ1n) is 9.26. The number of benzene rings is 1. The average Bonchev–Trinajstić information content (AvgIpc) is 3.19. The average molecular weight is 396 g/mol. The van der Waals surface area contributed by atoms with Gasteiger partial charge in [0.25, 0.3) is 0 Å². The second kappa shape index (κ2) is 9.50. The van der Waals surface area contributed by atoms with Crippen molar-refractivity contribution >= 4 is 17.7 Å². The number of carbonyl (C=O) groups is 1. The molecule has 1 aromatic carbocycles. The first-order chi connectivity index (χ1) is 13.6. The maximum atomic E-state index is 12.4. The molecule has 0 saturated carbocycles. The Labute approximate surface area is 169 Å². The second-order valence-corrected chi connectivity index (χ2v) is 7.38. The zero-order valence-electron chi connectivity index (χ0n) is 16.5. The maximum Gasteiger partial charge on any atom is 0.220 e. The van der Waals surface area contributed by atoms with E-state index in [1.807, 2.05) is 55.2 Å². The van der Waals surface area contributed by atoms with E-state index < -0.39 is 0 Å². The predicted octanol–water partition coefficient (Wildman–Crippen LogP) is 3.31. The van der Waals surface area contributed by atoms with Crippen molar-refractivity contribution in [2.24, 2.45) is 0 Å². The molecular formula is C21H25N5OS. The van der Waals surface area contributed by atoms with E-state index in [1.165, 1.54) is 11.8 Å². The van der Waals surface area contributed by atoms with Gasteiger partial charge in [0, 0.05) is 36.7 Å². The fourth-order valence-corrected chi connectivity index (χ4v) is 3.59. The lowest BCUT2D eigenvalue weighted by molar-refractivity contribution is -0.121. The van der Waals surface area contributed by atoms with E-state index in [2.05, 4.69) is 26.4 Å². The Kier molecular flexibility index (Phi) is 6.81. The number of hydrogen-bond acceptors (Lipinski definition) is 5. The summed E-state index contributed by atoms with van der Waals surface area (Å²) in [5, 5.41) is 8.07. The van der Waals surface area contributed by atoms with Gasteiger partial charge in [-0.15, -0.1) is 0 Å². The smallest absolute Gasteiger partial charge is 0.220 e. The minimum absolute atomic E-state index is 0.0293. The molecule has 0 atom stereocenters. The normalized spacial score (nSPS) is 10.8. The van der Waals surface area contributed by atoms with Crippen molar-refractivity contribution < 1.29 is 4.79 Å². The van der Waals surface area contributed by atoms with Crippen LogP contribution < -0.4 is 5.32 Å². The lowest BCUT2D eigenvalue weighted by atomic mass is 10.1. The Morgan fingerprint density at radius 3 is 2.46 bits per heavy atom. The third-order valence-corrected chi connectivity index (χ3v) is 5.22. The molecule has 0 unspecified atom stereocenters. The molecule has 146 valence electrons. The van der Waals surface area contributed by atoms with Crippen LogP contribution in [-0.4, -0.2) is 31.9 Å². The maximum absolute atomic E-state index is 12.4. The highest BCUT2D eigenvalue weighted by atomic mass is 32.2. The Morgan fingerprint density at radius 1 is 1.11 bits per heavy atom. The summed E-state index contributed by atoms with van der Waals surface area (Å²) < 4.78 is 1.88. The van der Waals surface area contributed by atoms with E-state index in [-0.39, 0.29) is 5.91 Å². The molecule has 0 radical (unpaired) electrons. The highest BCUT2D eigenvalue weighted by molar-refractivity contribution is 7.98. The van der Waals surface area contributed by atoms with Crippen LogP contribution in [0.25, 0.3) is 0 Å². The molecule has 1 amide bonds. The molecule has 1 N–H and O–H groups in total. The van der Waals surface area contributed by atoms with E-state index in [1.54, 1.807) is 6.20 Å². The van der Waals surface area contributed by atoms with Gasteiger partial charge >= 0.3 is 0 Å². The Balaban J connectivity index is 1.57. The van der Waals surface area contributed by atoms with Crippen molar-refractivity contribution in [2.75, 3.05) is 6.26 Å². The molecule has 2 aromatic heterocycles. The van der Waals surface area contributed by atoms with Crippen LogP contribution in [-0.2, 0) is 24.3 Å². The Morgan fingerprint density at radius 2 is 1.82 bits per heavy atom. The summed E-state index contributed by atoms with van der Waals surface area (Å²) in [6, 6.07) is 10.0. The molecule has 0 fully saturated rings. The van der Waals surface area contributed by atoms with Gasteiger partial charge in [-0.1, -0.05) is 36.0 Å². The van der Waals surface area contributed by atoms with Gasteiger partial charge in [0.2, 0.25) is 5.91 Å². The molecule has 0 aliphatic carbocycles. The van der Waals surface area contributed by atoms with Gasteiger partial charge in [-0.3, -0.25) is 9.48 Å². The molecule has 0 spiro atoms. The van der Waals surface area contributed by atoms with Crippen LogP contribution >= 0.6 is 11.8 Å². The highest BCUT2D eigenvalue weighted by Gasteiger charge is 2.11. The van der Waals surface area contributed by atoms with Crippen LogP contribution in [0, 0.1) is 13.8 Å². The molecule has 3 aromatic rings. The van der Waals surface area contributed by atoms with E-state index in [4.69, 9.17) is 0 Å². The summed E-state index contributed by atoms with van der Waals surface area (Å²) in [5.74, 6) is 0.0293. The standard InChI is InChI=1S/C21H25N5OS/c1-15-19(16(2)25-21(24-15)28-3)9-10-20(27)22-13-17-7-4-5-8-18(17)14-26-12-6-11-23-26/h4-8,11-12H,9-10,13-14H2,1-3H3,(H,22,27). The number of carbonyl (C=O) groups excluding carboxylic acids is 1. The molecule has 0 aliphatic rings. The van der Waals surface area contributed by atoms with Crippen molar-refractivity contribution in [1.29, 1.82) is 0 Å². The van der Waals surface area contributed by atoms with E-state index in [0.717, 1.165) is 33.2 Å². The number of nitrogens with zero attached hydrogens (tertiary/aromatic N) is 4. The third kappa shape index (κ3) is 5.19. The quantitative estimate of drug-likeness (QED) is 0.468. The Hall–Kier alpha value is -2.67. The summed E-state index contributed by atoms with van der Waals surface area (Å²) in [6.07, 6.45) is 6.73. The number of thioether (sulfide) groups is 1. The lowest BCUT2D eigenvalue weighted by Crippen LogP contribution is -2.24. The number of rotatable bonds is 8. The van der Waals surface area contributed by atoms with Crippen LogP contribution in [0.1, 0.15) is 34.5 Å². The zero-order valence-corrected chi connectivity index (χ0v) is 17.3. The summed E-state index contributed by atoms with van der Waals surface area (Å²) in [6.45, 7) is 5.16. The van der Waals surface area contributed by atoms with Crippen LogP contribution in [0.2, 0.25) is 0 Å². The van der Waals surface area contributed by atoms with Gasteiger partial charge in [-0.05, 0) is 49.3 Å². The van der Waals surface area contributed by atoms with Gasteiger partial charge in [-0.2, -0.15) is 5.10 Å². The molecule has 0 aliphatic heterocycles. The lowest BCUT2D eigenvalue weighted by Gasteiger charge is -2.12. The molecule has 6 nitrogen and oxygen atoms in total. The predicted molar refractivity (Wildman–Crippen MR) is 111 cm³/mol. The van der Waals surface area contributed by atoms with E-state index in [0.29, 0.717) is 25.9 Å². The van der Waals surface area contributed by atoms with Crippen molar-refractivity contribution in [3.63, 3.8) is 0 Å². The van der Waals surface area contributed by atoms with E-state index >= 15 is 0 Å². The zero-order chi connectivity index (χ0) is 19.9. The van der Waals surface area contributed by atoms with Gasteiger partial charge in [0.05, 0.1) is 6.54 Å². The minimum atomic E-state index is 0.0293. The fraction of sp³-hybridized carbons (Fsp3) is 0.333. The summed E-state index contributed by atoms with van der Waals surface area (Å²) in [7, 11) is 0. The van der Waals surface area contributed by atoms with Crippen molar-refractivity contribution in [3.05, 3.63) is 70.8 Å². The molecule has 3 rings (SSSR count). The van der Waals surface area contributed by atoms with Crippen LogP contribution in [0.3, 0.4) is 0 Å². The van der Waals surface area contributed by atoms with Crippen molar-refractivity contribution in [2.45, 2.75) is 44.9 Å². The first-order valence-corrected chi connectivity index (χ1v) is 10.5. The van der Waals surface area contributed by atoms with Crippen LogP contribution in [0.4, 0.5) is 0 Å². The summed E-state index contributed by atoms with van der Waals surface area (Å²) >= 11 is 1.53. The summed E-state index contributed by atoms with van der Waals surface area (Å²) in [4.78, 5) is 21.4. The van der Waals surface area contributed by atoms with E-state index in [9.17, 15) is 4.79 Å². The number of nitrogens with one attached hydrogen (secondary N) is 1. The van der Waals surface area contributed by atoms with Gasteiger partial charge in [0.1, 0.15) is 0 Å². The Bertz CT molecular complexity index is 917. The van der Waals surface area contributed by atoms with Crippen molar-refractivity contribution in [3.8, 4) is 0 Å². The molecule has 0 bridgehead atoms.